The number of carbonyl (C=O) groups is 2. The summed E-state index contributed by atoms with van der Waals surface area (Å²) in [5.41, 5.74) is 0.229. The molecule has 2 amide bonds. The number of nitrogens with one attached hydrogen (secondary N) is 2. The molecule has 1 aromatic heterocycles. The molecule has 1 fully saturated rings. The van der Waals surface area contributed by atoms with Gasteiger partial charge in [-0.15, -0.1) is 0 Å². The van der Waals surface area contributed by atoms with Gasteiger partial charge in [-0.2, -0.15) is 0 Å². The lowest BCUT2D eigenvalue weighted by Gasteiger charge is -2.17. The third-order valence-corrected chi connectivity index (χ3v) is 5.09. The summed E-state index contributed by atoms with van der Waals surface area (Å²) in [6.45, 7) is 0.278. The van der Waals surface area contributed by atoms with E-state index in [1.54, 1.807) is 30.3 Å². The Balaban J connectivity index is 1.31. The van der Waals surface area contributed by atoms with Crippen molar-refractivity contribution in [3.05, 3.63) is 83.2 Å². The van der Waals surface area contributed by atoms with Crippen molar-refractivity contribution in [2.45, 2.75) is 24.9 Å². The Morgan fingerprint density at radius 2 is 1.81 bits per heavy atom. The first-order valence-electron chi connectivity index (χ1n) is 9.53. The predicted octanol–water partition coefficient (Wildman–Crippen LogP) is 3.64. The summed E-state index contributed by atoms with van der Waals surface area (Å²) in [6.07, 6.45) is 5.26. The first kappa shape index (κ1) is 20.7. The number of ether oxygens (including phenoxy) is 1. The molecular formula is C22H18ClFN4O3. The highest BCUT2D eigenvalue weighted by atomic mass is 35.5. The number of carbonyl (C=O) groups excluding carboxylic acids is 2. The lowest BCUT2D eigenvalue weighted by molar-refractivity contribution is -0.124. The predicted molar refractivity (Wildman–Crippen MR) is 111 cm³/mol. The highest BCUT2D eigenvalue weighted by Gasteiger charge is 2.51. The van der Waals surface area contributed by atoms with Crippen molar-refractivity contribution in [2.24, 2.45) is 0 Å². The molecule has 1 aliphatic carbocycles. The molecule has 0 atom stereocenters. The third kappa shape index (κ3) is 4.97. The van der Waals surface area contributed by atoms with Crippen LogP contribution in [0.5, 0.6) is 11.5 Å². The molecule has 4 rings (SSSR count). The Labute approximate surface area is 182 Å². The first-order valence-corrected chi connectivity index (χ1v) is 9.91. The van der Waals surface area contributed by atoms with Gasteiger partial charge in [0.2, 0.25) is 5.91 Å². The number of benzene rings is 2. The highest BCUT2D eigenvalue weighted by molar-refractivity contribution is 6.30. The van der Waals surface area contributed by atoms with Crippen LogP contribution in [-0.2, 0) is 11.3 Å². The van der Waals surface area contributed by atoms with E-state index in [2.05, 4.69) is 20.6 Å². The van der Waals surface area contributed by atoms with E-state index in [1.807, 2.05) is 0 Å². The summed E-state index contributed by atoms with van der Waals surface area (Å²) in [4.78, 5) is 32.5. The second kappa shape index (κ2) is 8.69. The van der Waals surface area contributed by atoms with E-state index in [0.29, 0.717) is 24.2 Å². The molecule has 3 aromatic rings. The number of hydrogen-bond acceptors (Lipinski definition) is 5. The van der Waals surface area contributed by atoms with Crippen LogP contribution >= 0.6 is 11.6 Å². The van der Waals surface area contributed by atoms with Crippen molar-refractivity contribution in [3.63, 3.8) is 0 Å². The van der Waals surface area contributed by atoms with Gasteiger partial charge >= 0.3 is 0 Å². The fourth-order valence-electron chi connectivity index (χ4n) is 2.95. The second-order valence-corrected chi connectivity index (χ2v) is 7.60. The summed E-state index contributed by atoms with van der Waals surface area (Å²) in [5, 5.41) is 5.90. The van der Waals surface area contributed by atoms with E-state index in [9.17, 15) is 14.0 Å². The summed E-state index contributed by atoms with van der Waals surface area (Å²) >= 11 is 5.74. The van der Waals surface area contributed by atoms with Gasteiger partial charge in [-0.25, -0.2) is 14.4 Å². The molecule has 0 bridgehead atoms. The van der Waals surface area contributed by atoms with Crippen LogP contribution < -0.4 is 15.4 Å². The van der Waals surface area contributed by atoms with Gasteiger partial charge in [0.15, 0.2) is 11.6 Å². The van der Waals surface area contributed by atoms with Gasteiger partial charge in [0.1, 0.15) is 17.6 Å². The Morgan fingerprint density at radius 1 is 1.10 bits per heavy atom. The summed E-state index contributed by atoms with van der Waals surface area (Å²) in [7, 11) is 0. The standard InChI is InChI=1S/C22H18ClFN4O3/c23-16-3-6-19(18(24)9-16)31-17-4-1-14(2-5-17)10-27-21(30)22(7-8-22)28-20(29)15-11-25-13-26-12-15/h1-6,9,11-13H,7-8,10H2,(H,27,30)(H,28,29). The van der Waals surface area contributed by atoms with Crippen LogP contribution in [-0.4, -0.2) is 27.3 Å². The van der Waals surface area contributed by atoms with Crippen LogP contribution in [0.1, 0.15) is 28.8 Å². The van der Waals surface area contributed by atoms with Crippen molar-refractivity contribution in [1.82, 2.24) is 20.6 Å². The molecular weight excluding hydrogens is 423 g/mol. The zero-order valence-electron chi connectivity index (χ0n) is 16.3. The largest absolute Gasteiger partial charge is 0.454 e. The molecule has 0 saturated heterocycles. The normalized spacial score (nSPS) is 13.9. The van der Waals surface area contributed by atoms with Crippen molar-refractivity contribution in [1.29, 1.82) is 0 Å². The van der Waals surface area contributed by atoms with Crippen molar-refractivity contribution in [2.75, 3.05) is 0 Å². The maximum atomic E-state index is 13.8. The molecule has 2 N–H and O–H groups in total. The van der Waals surface area contributed by atoms with Gasteiger partial charge in [0.25, 0.3) is 5.91 Å². The van der Waals surface area contributed by atoms with Crippen LogP contribution in [0.3, 0.4) is 0 Å². The minimum Gasteiger partial charge on any atom is -0.454 e. The van der Waals surface area contributed by atoms with E-state index in [-0.39, 0.29) is 29.1 Å². The molecule has 158 valence electrons. The summed E-state index contributed by atoms with van der Waals surface area (Å²) < 4.78 is 19.4. The Bertz CT molecular complexity index is 1110. The summed E-state index contributed by atoms with van der Waals surface area (Å²) in [5.74, 6) is -0.666. The van der Waals surface area contributed by atoms with E-state index >= 15 is 0 Å². The average molecular weight is 441 g/mol. The van der Waals surface area contributed by atoms with Gasteiger partial charge in [0, 0.05) is 24.0 Å². The lowest BCUT2D eigenvalue weighted by atomic mass is 10.2. The molecule has 1 heterocycles. The van der Waals surface area contributed by atoms with Gasteiger partial charge < -0.3 is 15.4 Å². The van der Waals surface area contributed by atoms with Crippen LogP contribution in [0.2, 0.25) is 5.02 Å². The maximum absolute atomic E-state index is 13.8. The van der Waals surface area contributed by atoms with E-state index in [0.717, 1.165) is 5.56 Å². The second-order valence-electron chi connectivity index (χ2n) is 7.17. The number of hydrogen-bond donors (Lipinski definition) is 2. The summed E-state index contributed by atoms with van der Waals surface area (Å²) in [6, 6.07) is 11.1. The molecule has 1 saturated carbocycles. The molecule has 0 unspecified atom stereocenters. The number of amides is 2. The fourth-order valence-corrected chi connectivity index (χ4v) is 3.11. The van der Waals surface area contributed by atoms with E-state index < -0.39 is 11.4 Å². The SMILES string of the molecule is O=C(NC1(C(=O)NCc2ccc(Oc3ccc(Cl)cc3F)cc2)CC1)c1cncnc1. The fraction of sp³-hybridized carbons (Fsp3) is 0.182. The van der Waals surface area contributed by atoms with Gasteiger partial charge in [0.05, 0.1) is 5.56 Å². The number of rotatable bonds is 7. The topological polar surface area (TPSA) is 93.2 Å². The molecule has 1 aliphatic rings. The third-order valence-electron chi connectivity index (χ3n) is 4.86. The molecule has 0 radical (unpaired) electrons. The van der Waals surface area contributed by atoms with Crippen molar-refractivity contribution < 1.29 is 18.7 Å². The molecule has 31 heavy (non-hydrogen) atoms. The number of nitrogens with zero attached hydrogens (tertiary/aromatic N) is 2. The smallest absolute Gasteiger partial charge is 0.255 e. The average Bonchev–Trinajstić information content (AvgIpc) is 3.56. The molecule has 7 nitrogen and oxygen atoms in total. The van der Waals surface area contributed by atoms with Crippen LogP contribution in [0.15, 0.2) is 61.2 Å². The Morgan fingerprint density at radius 3 is 2.45 bits per heavy atom. The molecule has 0 aliphatic heterocycles. The highest BCUT2D eigenvalue weighted by Crippen LogP contribution is 2.36. The lowest BCUT2D eigenvalue weighted by Crippen LogP contribution is -2.48. The Hall–Kier alpha value is -3.52. The zero-order valence-corrected chi connectivity index (χ0v) is 17.0. The quantitative estimate of drug-likeness (QED) is 0.585. The van der Waals surface area contributed by atoms with Crippen molar-refractivity contribution >= 4 is 23.4 Å². The molecule has 2 aromatic carbocycles. The minimum atomic E-state index is -0.901. The maximum Gasteiger partial charge on any atom is 0.255 e. The van der Waals surface area contributed by atoms with Crippen molar-refractivity contribution in [3.8, 4) is 11.5 Å². The van der Waals surface area contributed by atoms with Crippen LogP contribution in [0, 0.1) is 5.82 Å². The molecule has 0 spiro atoms. The van der Waals surface area contributed by atoms with E-state index in [1.165, 1.54) is 30.9 Å². The Kier molecular flexibility index (Phi) is 5.81. The van der Waals surface area contributed by atoms with Gasteiger partial charge in [-0.3, -0.25) is 9.59 Å². The van der Waals surface area contributed by atoms with Crippen LogP contribution in [0.4, 0.5) is 4.39 Å². The van der Waals surface area contributed by atoms with Gasteiger partial charge in [-0.05, 0) is 48.7 Å². The van der Waals surface area contributed by atoms with E-state index in [4.69, 9.17) is 16.3 Å². The minimum absolute atomic E-state index is 0.0701. The monoisotopic (exact) mass is 440 g/mol. The number of halogens is 2. The number of aromatic nitrogens is 2. The first-order chi connectivity index (χ1) is 14.9. The van der Waals surface area contributed by atoms with Crippen LogP contribution in [0.25, 0.3) is 0 Å². The van der Waals surface area contributed by atoms with Gasteiger partial charge in [-0.1, -0.05) is 23.7 Å². The zero-order chi connectivity index (χ0) is 21.8. The molecule has 9 heteroatoms.